The van der Waals surface area contributed by atoms with Crippen LogP contribution in [0.4, 0.5) is 10.8 Å². The lowest BCUT2D eigenvalue weighted by Gasteiger charge is -2.23. The summed E-state index contributed by atoms with van der Waals surface area (Å²) in [6.07, 6.45) is 3.35. The Bertz CT molecular complexity index is 1370. The van der Waals surface area contributed by atoms with Crippen LogP contribution in [0.25, 0.3) is 11.3 Å². The first-order valence-corrected chi connectivity index (χ1v) is 12.9. The van der Waals surface area contributed by atoms with Gasteiger partial charge in [-0.25, -0.2) is 4.98 Å². The standard InChI is InChI=1S/C29H27N3O3S/c33-27(34)15-16-30-28(35)23-11-9-20(10-12-23)18-32(25-14-13-21-7-4-8-24(21)17-25)29-31-26(19-36-29)22-5-2-1-3-6-22/h1-3,5-6,9-14,17,19H,4,7-8,15-16,18H2,(H,30,35)(H,33,34). The number of nitrogens with zero attached hydrogens (tertiary/aromatic N) is 2. The summed E-state index contributed by atoms with van der Waals surface area (Å²) in [5, 5.41) is 14.4. The van der Waals surface area contributed by atoms with Crippen LogP contribution in [0.1, 0.15) is 39.9 Å². The number of anilines is 2. The number of benzene rings is 3. The van der Waals surface area contributed by atoms with E-state index in [9.17, 15) is 9.59 Å². The Kier molecular flexibility index (Phi) is 7.09. The highest BCUT2D eigenvalue weighted by Gasteiger charge is 2.19. The predicted octanol–water partition coefficient (Wildman–Crippen LogP) is 5.84. The van der Waals surface area contributed by atoms with E-state index in [1.165, 1.54) is 17.5 Å². The number of carbonyl (C=O) groups is 2. The van der Waals surface area contributed by atoms with E-state index >= 15 is 0 Å². The number of aromatic nitrogens is 1. The van der Waals surface area contributed by atoms with E-state index in [1.807, 2.05) is 30.3 Å². The van der Waals surface area contributed by atoms with Crippen molar-refractivity contribution in [3.8, 4) is 11.3 Å². The maximum absolute atomic E-state index is 12.3. The highest BCUT2D eigenvalue weighted by molar-refractivity contribution is 7.14. The highest BCUT2D eigenvalue weighted by Crippen LogP contribution is 2.35. The van der Waals surface area contributed by atoms with Crippen molar-refractivity contribution in [2.75, 3.05) is 11.4 Å². The summed E-state index contributed by atoms with van der Waals surface area (Å²) in [5.41, 5.74) is 7.55. The van der Waals surface area contributed by atoms with Crippen LogP contribution < -0.4 is 10.2 Å². The third-order valence-electron chi connectivity index (χ3n) is 6.37. The molecule has 2 N–H and O–H groups in total. The first kappa shape index (κ1) is 23.8. The molecule has 0 fully saturated rings. The molecule has 36 heavy (non-hydrogen) atoms. The first-order chi connectivity index (χ1) is 17.6. The number of fused-ring (bicyclic) bond motifs is 1. The number of carboxylic acids is 1. The molecule has 0 unspecified atom stereocenters. The minimum Gasteiger partial charge on any atom is -0.481 e. The van der Waals surface area contributed by atoms with Crippen molar-refractivity contribution >= 4 is 34.0 Å². The predicted molar refractivity (Wildman–Crippen MR) is 143 cm³/mol. The van der Waals surface area contributed by atoms with E-state index in [4.69, 9.17) is 10.1 Å². The molecule has 0 spiro atoms. The monoisotopic (exact) mass is 497 g/mol. The molecule has 7 heteroatoms. The molecule has 1 aliphatic carbocycles. The van der Waals surface area contributed by atoms with Crippen LogP contribution in [0.3, 0.4) is 0 Å². The van der Waals surface area contributed by atoms with Gasteiger partial charge >= 0.3 is 5.97 Å². The van der Waals surface area contributed by atoms with Gasteiger partial charge in [0.25, 0.3) is 5.91 Å². The number of nitrogens with one attached hydrogen (secondary N) is 1. The van der Waals surface area contributed by atoms with E-state index in [1.54, 1.807) is 23.5 Å². The Hall–Kier alpha value is -3.97. The second-order valence-corrected chi connectivity index (χ2v) is 9.71. The van der Waals surface area contributed by atoms with Crippen LogP contribution in [0.2, 0.25) is 0 Å². The minimum absolute atomic E-state index is 0.0989. The Morgan fingerprint density at radius 1 is 0.972 bits per heavy atom. The minimum atomic E-state index is -0.935. The van der Waals surface area contributed by atoms with Gasteiger partial charge in [0.15, 0.2) is 5.13 Å². The lowest BCUT2D eigenvalue weighted by molar-refractivity contribution is -0.136. The summed E-state index contributed by atoms with van der Waals surface area (Å²) < 4.78 is 0. The van der Waals surface area contributed by atoms with Crippen LogP contribution in [-0.2, 0) is 24.2 Å². The molecule has 4 aromatic rings. The molecule has 3 aromatic carbocycles. The lowest BCUT2D eigenvalue weighted by atomic mass is 10.1. The summed E-state index contributed by atoms with van der Waals surface area (Å²) in [5.74, 6) is -1.21. The molecule has 1 heterocycles. The van der Waals surface area contributed by atoms with Crippen molar-refractivity contribution in [1.82, 2.24) is 10.3 Å². The van der Waals surface area contributed by atoms with Crippen LogP contribution >= 0.6 is 11.3 Å². The molecule has 6 nitrogen and oxygen atoms in total. The normalized spacial score (nSPS) is 12.2. The first-order valence-electron chi connectivity index (χ1n) is 12.1. The summed E-state index contributed by atoms with van der Waals surface area (Å²) >= 11 is 1.62. The zero-order chi connectivity index (χ0) is 24.9. The van der Waals surface area contributed by atoms with Crippen molar-refractivity contribution in [2.45, 2.75) is 32.2 Å². The zero-order valence-corrected chi connectivity index (χ0v) is 20.6. The average molecular weight is 498 g/mol. The van der Waals surface area contributed by atoms with E-state index in [0.29, 0.717) is 12.1 Å². The van der Waals surface area contributed by atoms with Gasteiger partial charge in [0.1, 0.15) is 0 Å². The highest BCUT2D eigenvalue weighted by atomic mass is 32.1. The average Bonchev–Trinajstić information content (AvgIpc) is 3.57. The molecular formula is C29H27N3O3S. The molecule has 5 rings (SSSR count). The molecular weight excluding hydrogens is 470 g/mol. The van der Waals surface area contributed by atoms with E-state index in [-0.39, 0.29) is 18.9 Å². The largest absolute Gasteiger partial charge is 0.481 e. The Labute approximate surface area is 214 Å². The van der Waals surface area contributed by atoms with Crippen molar-refractivity contribution in [1.29, 1.82) is 0 Å². The molecule has 1 amide bonds. The topological polar surface area (TPSA) is 82.5 Å². The number of amides is 1. The Balaban J connectivity index is 1.39. The summed E-state index contributed by atoms with van der Waals surface area (Å²) in [7, 11) is 0. The Morgan fingerprint density at radius 3 is 2.53 bits per heavy atom. The number of aliphatic carboxylic acids is 1. The van der Waals surface area contributed by atoms with Gasteiger partial charge in [-0.1, -0.05) is 48.5 Å². The SMILES string of the molecule is O=C(O)CCNC(=O)c1ccc(CN(c2ccc3c(c2)CCC3)c2nc(-c3ccccc3)cs2)cc1. The molecule has 1 aliphatic rings. The number of rotatable bonds is 9. The second kappa shape index (κ2) is 10.7. The van der Waals surface area contributed by atoms with Gasteiger partial charge < -0.3 is 15.3 Å². The van der Waals surface area contributed by atoms with Crippen LogP contribution in [-0.4, -0.2) is 28.5 Å². The van der Waals surface area contributed by atoms with Gasteiger partial charge in [-0.15, -0.1) is 11.3 Å². The van der Waals surface area contributed by atoms with Crippen molar-refractivity contribution < 1.29 is 14.7 Å². The quantitative estimate of drug-likeness (QED) is 0.304. The zero-order valence-electron chi connectivity index (χ0n) is 19.8. The van der Waals surface area contributed by atoms with Gasteiger partial charge in [-0.05, 0) is 60.2 Å². The molecule has 0 radical (unpaired) electrons. The molecule has 0 saturated heterocycles. The molecule has 1 aromatic heterocycles. The summed E-state index contributed by atoms with van der Waals surface area (Å²) in [6.45, 7) is 0.720. The molecule has 182 valence electrons. The maximum atomic E-state index is 12.3. The van der Waals surface area contributed by atoms with Gasteiger partial charge in [0.2, 0.25) is 0 Å². The van der Waals surface area contributed by atoms with Crippen molar-refractivity contribution in [3.05, 3.63) is 100 Å². The molecule has 0 atom stereocenters. The molecule has 0 aliphatic heterocycles. The summed E-state index contributed by atoms with van der Waals surface area (Å²) in [6, 6.07) is 24.3. The fraction of sp³-hybridized carbons (Fsp3) is 0.207. The fourth-order valence-electron chi connectivity index (χ4n) is 4.45. The number of carboxylic acid groups (broad SMARTS) is 1. The van der Waals surface area contributed by atoms with Gasteiger partial charge in [0, 0.05) is 28.7 Å². The molecule has 0 saturated carbocycles. The lowest BCUT2D eigenvalue weighted by Crippen LogP contribution is -2.26. The van der Waals surface area contributed by atoms with E-state index < -0.39 is 5.97 Å². The van der Waals surface area contributed by atoms with Crippen molar-refractivity contribution in [2.24, 2.45) is 0 Å². The van der Waals surface area contributed by atoms with Crippen LogP contribution in [0.15, 0.2) is 78.2 Å². The number of thiazole rings is 1. The third-order valence-corrected chi connectivity index (χ3v) is 7.23. The Morgan fingerprint density at radius 2 is 1.75 bits per heavy atom. The number of aryl methyl sites for hydroxylation is 2. The second-order valence-electron chi connectivity index (χ2n) is 8.87. The number of hydrogen-bond acceptors (Lipinski definition) is 5. The van der Waals surface area contributed by atoms with Crippen molar-refractivity contribution in [3.63, 3.8) is 0 Å². The smallest absolute Gasteiger partial charge is 0.305 e. The van der Waals surface area contributed by atoms with Crippen LogP contribution in [0.5, 0.6) is 0 Å². The maximum Gasteiger partial charge on any atom is 0.305 e. The van der Waals surface area contributed by atoms with E-state index in [2.05, 4.69) is 45.9 Å². The summed E-state index contributed by atoms with van der Waals surface area (Å²) in [4.78, 5) is 30.2. The van der Waals surface area contributed by atoms with Gasteiger partial charge in [-0.3, -0.25) is 9.59 Å². The van der Waals surface area contributed by atoms with Gasteiger partial charge in [0.05, 0.1) is 18.7 Å². The van der Waals surface area contributed by atoms with Gasteiger partial charge in [-0.2, -0.15) is 0 Å². The number of carbonyl (C=O) groups excluding carboxylic acids is 1. The fourth-order valence-corrected chi connectivity index (χ4v) is 5.31. The van der Waals surface area contributed by atoms with Crippen LogP contribution in [0, 0.1) is 0 Å². The number of hydrogen-bond donors (Lipinski definition) is 2. The third kappa shape index (κ3) is 5.47. The van der Waals surface area contributed by atoms with E-state index in [0.717, 1.165) is 40.5 Å². The molecule has 0 bridgehead atoms.